The molecule has 3 N–H and O–H groups in total. The first kappa shape index (κ1) is 14.0. The van der Waals surface area contributed by atoms with Crippen LogP contribution in [0.15, 0.2) is 18.2 Å². The van der Waals surface area contributed by atoms with Crippen molar-refractivity contribution in [2.75, 3.05) is 37.8 Å². The van der Waals surface area contributed by atoms with Crippen LogP contribution in [0.3, 0.4) is 0 Å². The van der Waals surface area contributed by atoms with Crippen molar-refractivity contribution in [3.63, 3.8) is 0 Å². The summed E-state index contributed by atoms with van der Waals surface area (Å²) < 4.78 is 5.51. The second kappa shape index (κ2) is 6.66. The Kier molecular flexibility index (Phi) is 4.91. The predicted molar refractivity (Wildman–Crippen MR) is 80.8 cm³/mol. The first-order valence-electron chi connectivity index (χ1n) is 7.16. The molecule has 4 heteroatoms. The minimum Gasteiger partial charge on any atom is -0.494 e. The van der Waals surface area contributed by atoms with Crippen molar-refractivity contribution in [3.05, 3.63) is 18.2 Å². The summed E-state index contributed by atoms with van der Waals surface area (Å²) in [6, 6.07) is 6.46. The summed E-state index contributed by atoms with van der Waals surface area (Å²) in [7, 11) is 2.20. The van der Waals surface area contributed by atoms with Crippen molar-refractivity contribution < 1.29 is 4.74 Å². The van der Waals surface area contributed by atoms with Crippen molar-refractivity contribution in [2.45, 2.75) is 32.2 Å². The van der Waals surface area contributed by atoms with Gasteiger partial charge in [-0.25, -0.2) is 0 Å². The Bertz CT molecular complexity index is 408. The number of nitrogens with one attached hydrogen (secondary N) is 1. The molecule has 0 radical (unpaired) electrons. The van der Waals surface area contributed by atoms with Gasteiger partial charge in [0, 0.05) is 36.1 Å². The van der Waals surface area contributed by atoms with Gasteiger partial charge < -0.3 is 20.7 Å². The van der Waals surface area contributed by atoms with Gasteiger partial charge in [0.1, 0.15) is 5.75 Å². The number of anilines is 2. The highest BCUT2D eigenvalue weighted by Crippen LogP contribution is 2.23. The Labute approximate surface area is 115 Å². The quantitative estimate of drug-likeness (QED) is 0.802. The zero-order valence-corrected chi connectivity index (χ0v) is 12.0. The van der Waals surface area contributed by atoms with Crippen LogP contribution >= 0.6 is 0 Å². The average molecular weight is 263 g/mol. The van der Waals surface area contributed by atoms with Crippen molar-refractivity contribution in [1.29, 1.82) is 0 Å². The molecule has 2 rings (SSSR count). The molecule has 1 heterocycles. The molecule has 0 saturated carbocycles. The van der Waals surface area contributed by atoms with Crippen LogP contribution in [-0.4, -0.2) is 37.7 Å². The van der Waals surface area contributed by atoms with Gasteiger partial charge >= 0.3 is 0 Å². The van der Waals surface area contributed by atoms with Gasteiger partial charge in [-0.3, -0.25) is 0 Å². The van der Waals surface area contributed by atoms with E-state index in [0.717, 1.165) is 23.7 Å². The lowest BCUT2D eigenvalue weighted by Gasteiger charge is -2.32. The zero-order valence-electron chi connectivity index (χ0n) is 12.0. The Morgan fingerprint density at radius 1 is 1.37 bits per heavy atom. The van der Waals surface area contributed by atoms with E-state index in [-0.39, 0.29) is 0 Å². The fraction of sp³-hybridized carbons (Fsp3) is 0.600. The van der Waals surface area contributed by atoms with E-state index in [0.29, 0.717) is 12.6 Å². The maximum Gasteiger partial charge on any atom is 0.123 e. The summed E-state index contributed by atoms with van der Waals surface area (Å²) in [6.07, 6.45) is 3.92. The highest BCUT2D eigenvalue weighted by molar-refractivity contribution is 5.59. The Balaban J connectivity index is 1.94. The van der Waals surface area contributed by atoms with E-state index in [9.17, 15) is 0 Å². The number of hydrogen-bond donors (Lipinski definition) is 2. The maximum atomic E-state index is 5.90. The molecule has 0 bridgehead atoms. The van der Waals surface area contributed by atoms with Gasteiger partial charge in [-0.1, -0.05) is 6.42 Å². The van der Waals surface area contributed by atoms with Crippen molar-refractivity contribution in [2.24, 2.45) is 0 Å². The summed E-state index contributed by atoms with van der Waals surface area (Å²) in [4.78, 5) is 2.44. The lowest BCUT2D eigenvalue weighted by Crippen LogP contribution is -2.40. The second-order valence-electron chi connectivity index (χ2n) is 5.23. The topological polar surface area (TPSA) is 50.5 Å². The Morgan fingerprint density at radius 3 is 2.95 bits per heavy atom. The highest BCUT2D eigenvalue weighted by Gasteiger charge is 2.18. The van der Waals surface area contributed by atoms with Gasteiger partial charge in [-0.2, -0.15) is 0 Å². The lowest BCUT2D eigenvalue weighted by atomic mass is 10.0. The molecule has 1 aromatic carbocycles. The molecule has 0 spiro atoms. The van der Waals surface area contributed by atoms with E-state index in [1.165, 1.54) is 25.8 Å². The number of hydrogen-bond acceptors (Lipinski definition) is 4. The third kappa shape index (κ3) is 4.03. The smallest absolute Gasteiger partial charge is 0.123 e. The molecular weight excluding hydrogens is 238 g/mol. The minimum absolute atomic E-state index is 0.616. The normalized spacial score (nSPS) is 20.2. The molecule has 1 atom stereocenters. The van der Waals surface area contributed by atoms with Crippen LogP contribution in [0.5, 0.6) is 5.75 Å². The minimum atomic E-state index is 0.616. The molecule has 106 valence electrons. The number of likely N-dealkylation sites (N-methyl/N-ethyl adjacent to an activating group) is 1. The van der Waals surface area contributed by atoms with E-state index in [1.54, 1.807) is 0 Å². The standard InChI is InChI=1S/C15H25N3O/c1-3-19-15-9-12(16)8-13(10-15)17-11-14-6-4-5-7-18(14)2/h8-10,14,17H,3-7,11,16H2,1-2H3. The molecule has 1 fully saturated rings. The van der Waals surface area contributed by atoms with Crippen LogP contribution in [0.25, 0.3) is 0 Å². The fourth-order valence-corrected chi connectivity index (χ4v) is 2.61. The number of benzene rings is 1. The number of nitrogen functional groups attached to an aromatic ring is 1. The molecule has 1 aromatic rings. The number of nitrogens with zero attached hydrogens (tertiary/aromatic N) is 1. The molecule has 0 aromatic heterocycles. The SMILES string of the molecule is CCOc1cc(N)cc(NCC2CCCCN2C)c1. The van der Waals surface area contributed by atoms with Gasteiger partial charge in [0.2, 0.25) is 0 Å². The molecular formula is C15H25N3O. The van der Waals surface area contributed by atoms with Gasteiger partial charge in [0.25, 0.3) is 0 Å². The number of rotatable bonds is 5. The molecule has 1 saturated heterocycles. The third-order valence-corrected chi connectivity index (χ3v) is 3.70. The fourth-order valence-electron chi connectivity index (χ4n) is 2.61. The van der Waals surface area contributed by atoms with Crippen molar-refractivity contribution >= 4 is 11.4 Å². The largest absolute Gasteiger partial charge is 0.494 e. The highest BCUT2D eigenvalue weighted by atomic mass is 16.5. The van der Waals surface area contributed by atoms with E-state index in [4.69, 9.17) is 10.5 Å². The second-order valence-corrected chi connectivity index (χ2v) is 5.23. The van der Waals surface area contributed by atoms with Gasteiger partial charge in [-0.05, 0) is 39.4 Å². The van der Waals surface area contributed by atoms with Crippen molar-refractivity contribution in [1.82, 2.24) is 4.90 Å². The van der Waals surface area contributed by atoms with E-state index in [1.807, 2.05) is 25.1 Å². The number of piperidine rings is 1. The Hall–Kier alpha value is -1.42. The maximum absolute atomic E-state index is 5.90. The summed E-state index contributed by atoms with van der Waals surface area (Å²) in [5, 5.41) is 3.48. The molecule has 1 unspecified atom stereocenters. The number of nitrogens with two attached hydrogens (primary N) is 1. The first-order valence-corrected chi connectivity index (χ1v) is 7.16. The number of ether oxygens (including phenoxy) is 1. The summed E-state index contributed by atoms with van der Waals surface area (Å²) >= 11 is 0. The summed E-state index contributed by atoms with van der Waals surface area (Å²) in [6.45, 7) is 4.81. The van der Waals surface area contributed by atoms with Crippen molar-refractivity contribution in [3.8, 4) is 5.75 Å². The van der Waals surface area contributed by atoms with E-state index < -0.39 is 0 Å². The summed E-state index contributed by atoms with van der Waals surface area (Å²) in [5.41, 5.74) is 7.68. The first-order chi connectivity index (χ1) is 9.19. The molecule has 0 aliphatic carbocycles. The Morgan fingerprint density at radius 2 is 2.21 bits per heavy atom. The molecule has 19 heavy (non-hydrogen) atoms. The van der Waals surface area contributed by atoms with Gasteiger partial charge in [-0.15, -0.1) is 0 Å². The number of likely N-dealkylation sites (tertiary alicyclic amines) is 1. The van der Waals surface area contributed by atoms with Gasteiger partial charge in [0.15, 0.2) is 0 Å². The molecule has 1 aliphatic rings. The summed E-state index contributed by atoms with van der Waals surface area (Å²) in [5.74, 6) is 0.835. The third-order valence-electron chi connectivity index (χ3n) is 3.70. The van der Waals surface area contributed by atoms with Crippen LogP contribution in [-0.2, 0) is 0 Å². The van der Waals surface area contributed by atoms with Gasteiger partial charge in [0.05, 0.1) is 6.61 Å². The van der Waals surface area contributed by atoms with E-state index >= 15 is 0 Å². The molecule has 0 amide bonds. The predicted octanol–water partition coefficient (Wildman–Crippen LogP) is 2.56. The molecule has 4 nitrogen and oxygen atoms in total. The van der Waals surface area contributed by atoms with Crippen LogP contribution in [0.4, 0.5) is 11.4 Å². The van der Waals surface area contributed by atoms with Crippen LogP contribution in [0.2, 0.25) is 0 Å². The monoisotopic (exact) mass is 263 g/mol. The van der Waals surface area contributed by atoms with E-state index in [2.05, 4.69) is 17.3 Å². The van der Waals surface area contributed by atoms with Crippen LogP contribution in [0.1, 0.15) is 26.2 Å². The zero-order chi connectivity index (χ0) is 13.7. The van der Waals surface area contributed by atoms with Crippen LogP contribution in [0, 0.1) is 0 Å². The molecule has 1 aliphatic heterocycles. The average Bonchev–Trinajstić information content (AvgIpc) is 2.37. The lowest BCUT2D eigenvalue weighted by molar-refractivity contribution is 0.194. The van der Waals surface area contributed by atoms with Crippen LogP contribution < -0.4 is 15.8 Å².